The van der Waals surface area contributed by atoms with E-state index in [-0.39, 0.29) is 5.56 Å². The van der Waals surface area contributed by atoms with Crippen molar-refractivity contribution in [1.29, 1.82) is 0 Å². The Bertz CT molecular complexity index is 808. The van der Waals surface area contributed by atoms with Crippen molar-refractivity contribution in [3.8, 4) is 5.75 Å². The molecule has 0 radical (unpaired) electrons. The number of carboxylic acids is 1. The summed E-state index contributed by atoms with van der Waals surface area (Å²) in [6.07, 6.45) is 10.5. The van der Waals surface area contributed by atoms with Gasteiger partial charge in [0, 0.05) is 0 Å². The fraction of sp³-hybridized carbons (Fsp3) is 0.391. The van der Waals surface area contributed by atoms with E-state index in [4.69, 9.17) is 4.74 Å². The van der Waals surface area contributed by atoms with Gasteiger partial charge in [-0.3, -0.25) is 5.43 Å². The average Bonchev–Trinajstić information content (AvgIpc) is 2.71. The minimum absolute atomic E-state index is 0.181. The number of rotatable bonds is 13. The number of unbranched alkanes of at least 4 members (excludes halogenated alkanes) is 6. The van der Waals surface area contributed by atoms with Gasteiger partial charge in [-0.15, -0.1) is 0 Å². The summed E-state index contributed by atoms with van der Waals surface area (Å²) in [4.78, 5) is 11.2. The van der Waals surface area contributed by atoms with Gasteiger partial charge < -0.3 is 9.84 Å². The van der Waals surface area contributed by atoms with E-state index in [1.54, 1.807) is 24.4 Å². The van der Waals surface area contributed by atoms with Crippen LogP contribution < -0.4 is 10.2 Å². The number of benzene rings is 2. The van der Waals surface area contributed by atoms with Gasteiger partial charge in [0.25, 0.3) is 0 Å². The molecule has 2 rings (SSSR count). The molecule has 5 nitrogen and oxygen atoms in total. The van der Waals surface area contributed by atoms with Crippen LogP contribution in [0.4, 0.5) is 5.69 Å². The molecule has 156 valence electrons. The molecule has 0 heterocycles. The zero-order valence-electron chi connectivity index (χ0n) is 16.9. The standard InChI is InChI=1S/C23H29BrN2O3/c1-2-3-4-5-6-7-10-15-29-22-14-13-18(16-20(22)24)17-25-26-21-12-9-8-11-19(21)23(27)28/h8-9,11-14,16-17,26H,2-7,10,15H2,1H3,(H,27,28). The van der Waals surface area contributed by atoms with Crippen molar-refractivity contribution in [2.75, 3.05) is 12.0 Å². The lowest BCUT2D eigenvalue weighted by molar-refractivity contribution is 0.0698. The molecule has 0 bridgehead atoms. The first-order valence-corrected chi connectivity index (χ1v) is 10.9. The third-order valence-electron chi connectivity index (χ3n) is 4.52. The van der Waals surface area contributed by atoms with Crippen LogP contribution in [0, 0.1) is 0 Å². The Kier molecular flexibility index (Phi) is 10.3. The summed E-state index contributed by atoms with van der Waals surface area (Å²) in [5.41, 5.74) is 4.29. The Labute approximate surface area is 181 Å². The summed E-state index contributed by atoms with van der Waals surface area (Å²) in [6, 6.07) is 12.4. The highest BCUT2D eigenvalue weighted by molar-refractivity contribution is 9.10. The van der Waals surface area contributed by atoms with Gasteiger partial charge in [0.1, 0.15) is 5.75 Å². The molecule has 0 atom stereocenters. The van der Waals surface area contributed by atoms with Crippen molar-refractivity contribution in [3.63, 3.8) is 0 Å². The quantitative estimate of drug-likeness (QED) is 0.197. The van der Waals surface area contributed by atoms with E-state index in [2.05, 4.69) is 33.4 Å². The minimum Gasteiger partial charge on any atom is -0.492 e. The van der Waals surface area contributed by atoms with Gasteiger partial charge in [0.05, 0.1) is 28.5 Å². The molecule has 0 aromatic heterocycles. The number of aromatic carboxylic acids is 1. The number of para-hydroxylation sites is 1. The molecule has 0 saturated carbocycles. The largest absolute Gasteiger partial charge is 0.492 e. The Morgan fingerprint density at radius 3 is 2.55 bits per heavy atom. The summed E-state index contributed by atoms with van der Waals surface area (Å²) in [7, 11) is 0. The lowest BCUT2D eigenvalue weighted by Gasteiger charge is -2.09. The molecular formula is C23H29BrN2O3. The maximum absolute atomic E-state index is 11.2. The predicted molar refractivity (Wildman–Crippen MR) is 122 cm³/mol. The zero-order chi connectivity index (χ0) is 20.9. The molecule has 0 fully saturated rings. The minimum atomic E-state index is -0.992. The van der Waals surface area contributed by atoms with Gasteiger partial charge in [-0.2, -0.15) is 5.10 Å². The van der Waals surface area contributed by atoms with Crippen molar-refractivity contribution in [1.82, 2.24) is 0 Å². The molecule has 0 spiro atoms. The molecular weight excluding hydrogens is 432 g/mol. The summed E-state index contributed by atoms with van der Waals surface area (Å²) in [5, 5.41) is 13.3. The van der Waals surface area contributed by atoms with Crippen LogP contribution in [0.3, 0.4) is 0 Å². The molecule has 0 amide bonds. The normalized spacial score (nSPS) is 11.0. The van der Waals surface area contributed by atoms with E-state index in [1.165, 1.54) is 44.6 Å². The van der Waals surface area contributed by atoms with Crippen molar-refractivity contribution in [2.45, 2.75) is 51.9 Å². The van der Waals surface area contributed by atoms with E-state index in [1.807, 2.05) is 18.2 Å². The maximum Gasteiger partial charge on any atom is 0.337 e. The van der Waals surface area contributed by atoms with Crippen molar-refractivity contribution >= 4 is 33.8 Å². The molecule has 0 aliphatic rings. The summed E-state index contributed by atoms with van der Waals surface area (Å²) in [6.45, 7) is 2.95. The van der Waals surface area contributed by atoms with Gasteiger partial charge in [0.2, 0.25) is 0 Å². The average molecular weight is 461 g/mol. The lowest BCUT2D eigenvalue weighted by atomic mass is 10.1. The van der Waals surface area contributed by atoms with Gasteiger partial charge in [-0.05, 0) is 58.2 Å². The van der Waals surface area contributed by atoms with E-state index in [0.29, 0.717) is 12.3 Å². The van der Waals surface area contributed by atoms with Crippen LogP contribution in [0.1, 0.15) is 67.8 Å². The number of halogens is 1. The molecule has 2 aromatic carbocycles. The van der Waals surface area contributed by atoms with Crippen LogP contribution in [0.5, 0.6) is 5.75 Å². The Hall–Kier alpha value is -2.34. The van der Waals surface area contributed by atoms with Crippen LogP contribution in [-0.2, 0) is 0 Å². The van der Waals surface area contributed by atoms with E-state index < -0.39 is 5.97 Å². The molecule has 0 saturated heterocycles. The van der Waals surface area contributed by atoms with Gasteiger partial charge in [-0.25, -0.2) is 4.79 Å². The van der Waals surface area contributed by atoms with Crippen molar-refractivity contribution in [3.05, 3.63) is 58.1 Å². The van der Waals surface area contributed by atoms with Crippen LogP contribution in [-0.4, -0.2) is 23.9 Å². The molecule has 0 unspecified atom stereocenters. The summed E-state index contributed by atoms with van der Waals surface area (Å²) < 4.78 is 6.73. The smallest absolute Gasteiger partial charge is 0.337 e. The summed E-state index contributed by atoms with van der Waals surface area (Å²) >= 11 is 3.54. The highest BCUT2D eigenvalue weighted by atomic mass is 79.9. The number of ether oxygens (including phenoxy) is 1. The summed E-state index contributed by atoms with van der Waals surface area (Å²) in [5.74, 6) is -0.175. The number of nitrogens with zero attached hydrogens (tertiary/aromatic N) is 1. The number of anilines is 1. The van der Waals surface area contributed by atoms with E-state index in [0.717, 1.165) is 22.2 Å². The van der Waals surface area contributed by atoms with Crippen LogP contribution in [0.25, 0.3) is 0 Å². The Balaban J connectivity index is 1.79. The Morgan fingerprint density at radius 2 is 1.83 bits per heavy atom. The molecule has 2 N–H and O–H groups in total. The lowest BCUT2D eigenvalue weighted by Crippen LogP contribution is -2.02. The Morgan fingerprint density at radius 1 is 1.10 bits per heavy atom. The highest BCUT2D eigenvalue weighted by Gasteiger charge is 2.07. The second-order valence-corrected chi connectivity index (χ2v) is 7.73. The maximum atomic E-state index is 11.2. The van der Waals surface area contributed by atoms with Crippen LogP contribution >= 0.6 is 15.9 Å². The van der Waals surface area contributed by atoms with Crippen LogP contribution in [0.2, 0.25) is 0 Å². The van der Waals surface area contributed by atoms with Gasteiger partial charge in [-0.1, -0.05) is 57.6 Å². The molecule has 2 aromatic rings. The second kappa shape index (κ2) is 13.0. The number of carbonyl (C=O) groups is 1. The fourth-order valence-corrected chi connectivity index (χ4v) is 3.41. The number of nitrogens with one attached hydrogen (secondary N) is 1. The molecule has 29 heavy (non-hydrogen) atoms. The molecule has 6 heteroatoms. The third kappa shape index (κ3) is 8.28. The topological polar surface area (TPSA) is 70.9 Å². The number of carboxylic acid groups (broad SMARTS) is 1. The first kappa shape index (κ1) is 22.9. The SMILES string of the molecule is CCCCCCCCCOc1ccc(C=NNc2ccccc2C(=O)O)cc1Br. The van der Waals surface area contributed by atoms with E-state index >= 15 is 0 Å². The number of hydrogen-bond acceptors (Lipinski definition) is 4. The monoisotopic (exact) mass is 460 g/mol. The van der Waals surface area contributed by atoms with Gasteiger partial charge in [0.15, 0.2) is 0 Å². The third-order valence-corrected chi connectivity index (χ3v) is 5.14. The van der Waals surface area contributed by atoms with Crippen LogP contribution in [0.15, 0.2) is 52.0 Å². The zero-order valence-corrected chi connectivity index (χ0v) is 18.5. The number of hydrogen-bond donors (Lipinski definition) is 2. The van der Waals surface area contributed by atoms with Crippen molar-refractivity contribution < 1.29 is 14.6 Å². The number of hydrazone groups is 1. The van der Waals surface area contributed by atoms with Gasteiger partial charge >= 0.3 is 5.97 Å². The first-order valence-electron chi connectivity index (χ1n) is 10.2. The molecule has 0 aliphatic carbocycles. The predicted octanol–water partition coefficient (Wildman–Crippen LogP) is 6.72. The van der Waals surface area contributed by atoms with Crippen molar-refractivity contribution in [2.24, 2.45) is 5.10 Å². The first-order chi connectivity index (χ1) is 14.1. The second-order valence-electron chi connectivity index (χ2n) is 6.88. The highest BCUT2D eigenvalue weighted by Crippen LogP contribution is 2.26. The molecule has 0 aliphatic heterocycles. The van der Waals surface area contributed by atoms with E-state index in [9.17, 15) is 9.90 Å². The fourth-order valence-electron chi connectivity index (χ4n) is 2.90.